The normalized spacial score (nSPS) is 28.5. The van der Waals surface area contributed by atoms with E-state index in [1.54, 1.807) is 5.38 Å². The summed E-state index contributed by atoms with van der Waals surface area (Å²) in [6, 6.07) is 2.64. The lowest BCUT2D eigenvalue weighted by molar-refractivity contribution is -0.214. The van der Waals surface area contributed by atoms with Gasteiger partial charge in [-0.2, -0.15) is 13.2 Å². The number of aliphatic hydroxyl groups is 4. The van der Waals surface area contributed by atoms with Gasteiger partial charge in [-0.05, 0) is 24.5 Å². The number of amides is 1. The zero-order chi connectivity index (χ0) is 30.2. The first-order valence-electron chi connectivity index (χ1n) is 13.3. The van der Waals surface area contributed by atoms with Crippen molar-refractivity contribution in [3.05, 3.63) is 52.1 Å². The number of thiazole rings is 1. The van der Waals surface area contributed by atoms with E-state index in [-0.39, 0.29) is 16.4 Å². The third kappa shape index (κ3) is 6.18. The maximum Gasteiger partial charge on any atom is 0.416 e. The van der Waals surface area contributed by atoms with Gasteiger partial charge in [0, 0.05) is 11.9 Å². The third-order valence-corrected chi connectivity index (χ3v) is 8.88. The number of aromatic nitrogens is 4. The first-order chi connectivity index (χ1) is 20.0. The van der Waals surface area contributed by atoms with Crippen molar-refractivity contribution in [2.75, 3.05) is 6.61 Å². The fourth-order valence-electron chi connectivity index (χ4n) is 5.61. The second-order valence-corrected chi connectivity index (χ2v) is 11.6. The van der Waals surface area contributed by atoms with Crippen LogP contribution in [0.3, 0.4) is 0 Å². The van der Waals surface area contributed by atoms with Crippen LogP contribution in [0.25, 0.3) is 10.7 Å². The second kappa shape index (κ2) is 12.5. The van der Waals surface area contributed by atoms with Crippen LogP contribution in [0, 0.1) is 0 Å². The predicted octanol–water partition coefficient (Wildman–Crippen LogP) is 2.43. The molecule has 7 atom stereocenters. The van der Waals surface area contributed by atoms with Crippen LogP contribution in [-0.2, 0) is 22.3 Å². The molecule has 4 N–H and O–H groups in total. The molecule has 3 aromatic rings. The predicted molar refractivity (Wildman–Crippen MR) is 143 cm³/mol. The summed E-state index contributed by atoms with van der Waals surface area (Å²) in [6.45, 7) is -1.25. The first-order valence-corrected chi connectivity index (χ1v) is 14.5. The number of aliphatic hydroxyl groups excluding tert-OH is 4. The molecule has 2 aromatic heterocycles. The van der Waals surface area contributed by atoms with E-state index in [9.17, 15) is 38.4 Å². The Labute approximate surface area is 247 Å². The van der Waals surface area contributed by atoms with E-state index in [0.29, 0.717) is 30.7 Å². The Morgan fingerprint density at radius 1 is 1.17 bits per heavy atom. The fourth-order valence-corrected chi connectivity index (χ4v) is 6.50. The second-order valence-electron chi connectivity index (χ2n) is 10.3. The number of rotatable bonds is 7. The molecule has 0 radical (unpaired) electrons. The lowest BCUT2D eigenvalue weighted by atomic mass is 9.88. The molecule has 0 spiro atoms. The smallest absolute Gasteiger partial charge is 0.394 e. The summed E-state index contributed by atoms with van der Waals surface area (Å²) >= 11 is 7.08. The largest absolute Gasteiger partial charge is 0.416 e. The monoisotopic (exact) mass is 631 g/mol. The first kappa shape index (κ1) is 30.8. The molecule has 1 saturated carbocycles. The highest BCUT2D eigenvalue weighted by Gasteiger charge is 2.51. The number of hydrogen-bond donors (Lipinski definition) is 4. The summed E-state index contributed by atoms with van der Waals surface area (Å²) in [5.41, 5.74) is -0.853. The van der Waals surface area contributed by atoms with Crippen molar-refractivity contribution in [3.63, 3.8) is 0 Å². The van der Waals surface area contributed by atoms with Gasteiger partial charge < -0.3 is 30.1 Å². The van der Waals surface area contributed by atoms with E-state index in [0.717, 1.165) is 15.6 Å². The lowest BCUT2D eigenvalue weighted by Crippen LogP contribution is -2.62. The van der Waals surface area contributed by atoms with Gasteiger partial charge in [-0.3, -0.25) is 4.79 Å². The molecule has 0 unspecified atom stereocenters. The maximum absolute atomic E-state index is 14.1. The number of hydrogen-bond acceptors (Lipinski definition) is 10. The quantitative estimate of drug-likeness (QED) is 0.308. The molecule has 2 aliphatic rings. The van der Waals surface area contributed by atoms with E-state index >= 15 is 0 Å². The van der Waals surface area contributed by atoms with E-state index in [1.807, 2.05) is 0 Å². The van der Waals surface area contributed by atoms with Gasteiger partial charge >= 0.3 is 6.18 Å². The summed E-state index contributed by atoms with van der Waals surface area (Å²) in [6.07, 6.45) is -8.72. The van der Waals surface area contributed by atoms with Crippen LogP contribution in [0.5, 0.6) is 0 Å². The molecular formula is C26H29ClF3N5O6S. The molecule has 2 fully saturated rings. The summed E-state index contributed by atoms with van der Waals surface area (Å²) in [5, 5.41) is 53.4. The van der Waals surface area contributed by atoms with E-state index < -0.39 is 73.4 Å². The van der Waals surface area contributed by atoms with E-state index in [1.165, 1.54) is 35.7 Å². The Bertz CT molecular complexity index is 1390. The lowest BCUT2D eigenvalue weighted by Gasteiger charge is -2.45. The fraction of sp³-hybridized carbons (Fsp3) is 0.538. The molecular weight excluding hydrogens is 603 g/mol. The van der Waals surface area contributed by atoms with Gasteiger partial charge in [-0.1, -0.05) is 47.9 Å². The van der Waals surface area contributed by atoms with Crippen molar-refractivity contribution in [2.45, 2.75) is 81.0 Å². The minimum absolute atomic E-state index is 0.195. The van der Waals surface area contributed by atoms with Gasteiger partial charge in [0.1, 0.15) is 40.2 Å². The van der Waals surface area contributed by atoms with Gasteiger partial charge in [0.05, 0.1) is 30.5 Å². The number of carbonyl (C=O) groups excluding carboxylic acids is 1. The van der Waals surface area contributed by atoms with Crippen LogP contribution in [0.2, 0.25) is 5.15 Å². The summed E-state index contributed by atoms with van der Waals surface area (Å²) in [4.78, 5) is 19.3. The topological polar surface area (TPSA) is 154 Å². The Kier molecular flexibility index (Phi) is 9.18. The van der Waals surface area contributed by atoms with Crippen molar-refractivity contribution in [1.82, 2.24) is 24.9 Å². The van der Waals surface area contributed by atoms with Crippen LogP contribution in [-0.4, -0.2) is 94.4 Å². The number of benzene rings is 1. The molecule has 11 nitrogen and oxygen atoms in total. The molecule has 1 saturated heterocycles. The third-order valence-electron chi connectivity index (χ3n) is 7.69. The number of carbonyl (C=O) groups is 1. The number of alkyl halides is 3. The zero-order valence-corrected chi connectivity index (χ0v) is 23.6. The van der Waals surface area contributed by atoms with Crippen LogP contribution in [0.4, 0.5) is 13.2 Å². The summed E-state index contributed by atoms with van der Waals surface area (Å²) < 4.78 is 48.3. The van der Waals surface area contributed by atoms with E-state index in [4.69, 9.17) is 16.3 Å². The Morgan fingerprint density at radius 2 is 1.90 bits per heavy atom. The van der Waals surface area contributed by atoms with Gasteiger partial charge in [0.2, 0.25) is 0 Å². The van der Waals surface area contributed by atoms with Crippen LogP contribution in [0.1, 0.15) is 42.9 Å². The SMILES string of the molecule is O=C([C@@H]1O[C@H](CO)[C@H](O)[C@H](n2cc(-c3nc(Cl)cs3)nn2)[C@H]1O)N(Cc1ccccc1C(F)(F)F)[C@H]1CCCC[C@@H]1O. The summed E-state index contributed by atoms with van der Waals surface area (Å²) in [5.74, 6) is -0.896. The summed E-state index contributed by atoms with van der Waals surface area (Å²) in [7, 11) is 0. The minimum atomic E-state index is -4.69. The average molecular weight is 632 g/mol. The average Bonchev–Trinajstić information content (AvgIpc) is 3.61. The van der Waals surface area contributed by atoms with Crippen molar-refractivity contribution in [1.29, 1.82) is 0 Å². The highest BCUT2D eigenvalue weighted by atomic mass is 35.5. The Morgan fingerprint density at radius 3 is 2.57 bits per heavy atom. The van der Waals surface area contributed by atoms with Crippen molar-refractivity contribution in [3.8, 4) is 10.7 Å². The number of ether oxygens (including phenoxy) is 1. The van der Waals surface area contributed by atoms with Crippen molar-refractivity contribution < 1.29 is 43.1 Å². The number of halogens is 4. The molecule has 42 heavy (non-hydrogen) atoms. The van der Waals surface area contributed by atoms with Gasteiger partial charge in [0.25, 0.3) is 5.91 Å². The molecule has 5 rings (SSSR count). The molecule has 0 bridgehead atoms. The minimum Gasteiger partial charge on any atom is -0.394 e. The van der Waals surface area contributed by atoms with Crippen LogP contribution >= 0.6 is 22.9 Å². The van der Waals surface area contributed by atoms with Crippen molar-refractivity contribution in [2.24, 2.45) is 0 Å². The Balaban J connectivity index is 1.49. The zero-order valence-electron chi connectivity index (χ0n) is 22.0. The molecule has 1 amide bonds. The van der Waals surface area contributed by atoms with Gasteiger partial charge in [-0.25, -0.2) is 9.67 Å². The maximum atomic E-state index is 14.1. The molecule has 228 valence electrons. The molecule has 1 aliphatic carbocycles. The van der Waals surface area contributed by atoms with E-state index in [2.05, 4.69) is 15.3 Å². The Hall–Kier alpha value is -2.66. The molecule has 1 aliphatic heterocycles. The molecule has 3 heterocycles. The molecule has 16 heteroatoms. The highest BCUT2D eigenvalue weighted by Crippen LogP contribution is 2.36. The van der Waals surface area contributed by atoms with Crippen LogP contribution < -0.4 is 0 Å². The molecule has 1 aromatic carbocycles. The van der Waals surface area contributed by atoms with Crippen molar-refractivity contribution >= 4 is 28.8 Å². The van der Waals surface area contributed by atoms with Crippen LogP contribution in [0.15, 0.2) is 35.8 Å². The number of nitrogens with zero attached hydrogens (tertiary/aromatic N) is 5. The van der Waals surface area contributed by atoms with Gasteiger partial charge in [-0.15, -0.1) is 16.4 Å². The standard InChI is InChI=1S/C26H29ClF3N5O6S/c27-19-12-42-24(31-19)15-10-35(33-32-15)20-21(38)18(11-36)41-23(22(20)39)25(40)34(16-7-3-4-8-17(16)37)9-13-5-1-2-6-14(13)26(28,29)30/h1-2,5-6,10,12,16-18,20-23,36-39H,3-4,7-9,11H2/t16-,17-,18+,20-,21-,22+,23+/m0/s1. The highest BCUT2D eigenvalue weighted by molar-refractivity contribution is 7.13. The van der Waals surface area contributed by atoms with Gasteiger partial charge in [0.15, 0.2) is 6.10 Å².